The third-order valence-corrected chi connectivity index (χ3v) is 4.70. The van der Waals surface area contributed by atoms with Crippen molar-refractivity contribution in [1.29, 1.82) is 0 Å². The number of ketones is 1. The molecule has 6 nitrogen and oxygen atoms in total. The Kier molecular flexibility index (Phi) is 6.81. The second-order valence-electron chi connectivity index (χ2n) is 6.14. The molecule has 0 aromatic heterocycles. The minimum Gasteiger partial charge on any atom is -0.398 e. The van der Waals surface area contributed by atoms with Gasteiger partial charge in [-0.2, -0.15) is 0 Å². The normalized spacial score (nSPS) is 24.6. The second-order valence-corrected chi connectivity index (χ2v) is 6.14. The molecule has 0 aliphatic heterocycles. The van der Waals surface area contributed by atoms with Crippen molar-refractivity contribution in [3.63, 3.8) is 0 Å². The lowest BCUT2D eigenvalue weighted by Crippen LogP contribution is -2.32. The van der Waals surface area contributed by atoms with Gasteiger partial charge >= 0.3 is 0 Å². The Labute approximate surface area is 139 Å². The molecule has 1 aliphatic carbocycles. The van der Waals surface area contributed by atoms with Crippen LogP contribution in [0.2, 0.25) is 0 Å². The van der Waals surface area contributed by atoms with Gasteiger partial charge in [0.15, 0.2) is 0 Å². The summed E-state index contributed by atoms with van der Waals surface area (Å²) in [5, 5.41) is 8.61. The maximum absolute atomic E-state index is 11.5. The van der Waals surface area contributed by atoms with Crippen LogP contribution in [0.3, 0.4) is 0 Å². The minimum atomic E-state index is -0.0116. The summed E-state index contributed by atoms with van der Waals surface area (Å²) in [5.74, 6) is 7.36. The molecule has 2 atom stereocenters. The van der Waals surface area contributed by atoms with Crippen molar-refractivity contribution in [3.8, 4) is 0 Å². The lowest BCUT2D eigenvalue weighted by atomic mass is 9.86. The van der Waals surface area contributed by atoms with E-state index in [0.29, 0.717) is 24.6 Å². The zero-order valence-corrected chi connectivity index (χ0v) is 15.0. The lowest BCUT2D eigenvalue weighted by Gasteiger charge is -2.26. The van der Waals surface area contributed by atoms with E-state index < -0.39 is 0 Å². The number of hydrogen-bond donors (Lipinski definition) is 2. The van der Waals surface area contributed by atoms with E-state index in [2.05, 4.69) is 24.0 Å². The average molecular weight is 322 g/mol. The first-order chi connectivity index (χ1) is 10.9. The monoisotopic (exact) mass is 322 g/mol. The van der Waals surface area contributed by atoms with Crippen molar-refractivity contribution in [3.05, 3.63) is 23.9 Å². The molecule has 0 aromatic carbocycles. The van der Waals surface area contributed by atoms with Crippen LogP contribution in [0, 0.1) is 11.3 Å². The fourth-order valence-electron chi connectivity index (χ4n) is 3.40. The predicted octanol–water partition coefficient (Wildman–Crippen LogP) is 2.20. The zero-order valence-electron chi connectivity index (χ0n) is 15.0. The van der Waals surface area contributed by atoms with Gasteiger partial charge < -0.3 is 20.0 Å². The first-order valence-corrected chi connectivity index (χ1v) is 7.97. The largest absolute Gasteiger partial charge is 0.398 e. The van der Waals surface area contributed by atoms with Crippen molar-refractivity contribution in [2.45, 2.75) is 39.5 Å². The number of Topliss-reactive ketones (excluding diaryl/α,β-unsaturated/α-hetero) is 1. The van der Waals surface area contributed by atoms with Crippen molar-refractivity contribution in [2.75, 3.05) is 21.2 Å². The van der Waals surface area contributed by atoms with E-state index in [9.17, 15) is 4.79 Å². The molecule has 0 saturated heterocycles. The number of carbonyl (C=O) groups excluding carboxylic acids is 1. The number of nitrogens with two attached hydrogens (primary N) is 1. The van der Waals surface area contributed by atoms with Crippen LogP contribution in [-0.4, -0.2) is 37.8 Å². The van der Waals surface area contributed by atoms with Gasteiger partial charge in [-0.25, -0.2) is 5.84 Å². The molecule has 23 heavy (non-hydrogen) atoms. The van der Waals surface area contributed by atoms with Crippen LogP contribution < -0.4 is 11.2 Å². The van der Waals surface area contributed by atoms with Crippen LogP contribution in [0.25, 0.3) is 0 Å². The second kappa shape index (κ2) is 8.15. The summed E-state index contributed by atoms with van der Waals surface area (Å²) in [6, 6.07) is 0. The highest BCUT2D eigenvalue weighted by atomic mass is 16.6. The van der Waals surface area contributed by atoms with Gasteiger partial charge in [-0.05, 0) is 31.3 Å². The highest BCUT2D eigenvalue weighted by Crippen LogP contribution is 2.63. The van der Waals surface area contributed by atoms with Crippen LogP contribution in [-0.2, 0) is 9.63 Å². The van der Waals surface area contributed by atoms with Gasteiger partial charge in [0.1, 0.15) is 18.7 Å². The summed E-state index contributed by atoms with van der Waals surface area (Å²) in [6.45, 7) is 7.80. The zero-order chi connectivity index (χ0) is 17.6. The van der Waals surface area contributed by atoms with Gasteiger partial charge in [0.05, 0.1) is 6.42 Å². The summed E-state index contributed by atoms with van der Waals surface area (Å²) in [7, 11) is 5.12. The molecule has 0 amide bonds. The predicted molar refractivity (Wildman–Crippen MR) is 93.4 cm³/mol. The first kappa shape index (κ1) is 19.2. The van der Waals surface area contributed by atoms with Gasteiger partial charge in [0, 0.05) is 31.6 Å². The fourth-order valence-corrected chi connectivity index (χ4v) is 3.40. The molecule has 1 rings (SSSR count). The Morgan fingerprint density at radius 2 is 2.26 bits per heavy atom. The van der Waals surface area contributed by atoms with Gasteiger partial charge in [-0.3, -0.25) is 0 Å². The van der Waals surface area contributed by atoms with Crippen molar-refractivity contribution in [2.24, 2.45) is 22.3 Å². The Hall–Kier alpha value is -1.82. The number of amidine groups is 1. The number of hydrogen-bond acceptors (Lipinski definition) is 5. The highest BCUT2D eigenvalue weighted by Gasteiger charge is 2.55. The standard InChI is InChI=1S/C17H30N4O2/c1-7-14(17(8-2)11-13(17)9-12(3)22)15(21(5)18)10-16(19-4)20-23-6/h7,13H,1,8-11,18H2,2-6H3,(H,19,20)/b15-14+. The van der Waals surface area contributed by atoms with Gasteiger partial charge in [-0.15, -0.1) is 0 Å². The van der Waals surface area contributed by atoms with Gasteiger partial charge in [0.2, 0.25) is 0 Å². The molecule has 130 valence electrons. The van der Waals surface area contributed by atoms with E-state index in [4.69, 9.17) is 10.7 Å². The van der Waals surface area contributed by atoms with Crippen LogP contribution >= 0.6 is 0 Å². The molecule has 3 N–H and O–H groups in total. The average Bonchev–Trinajstić information content (AvgIpc) is 3.18. The Balaban J connectivity index is 3.22. The molecule has 2 unspecified atom stereocenters. The molecule has 1 fully saturated rings. The summed E-state index contributed by atoms with van der Waals surface area (Å²) < 4.78 is 0. The lowest BCUT2D eigenvalue weighted by molar-refractivity contribution is -0.117. The molecule has 0 aromatic rings. The van der Waals surface area contributed by atoms with Crippen LogP contribution in [0.4, 0.5) is 0 Å². The molecular formula is C17H30N4O2. The van der Waals surface area contributed by atoms with E-state index in [-0.39, 0.29) is 11.2 Å². The minimum absolute atomic E-state index is 0.0116. The number of nitrogens with one attached hydrogen (secondary N) is 1. The Morgan fingerprint density at radius 1 is 1.61 bits per heavy atom. The molecule has 1 aliphatic rings. The highest BCUT2D eigenvalue weighted by molar-refractivity contribution is 5.84. The number of allylic oxidation sites excluding steroid dienone is 2. The van der Waals surface area contributed by atoms with Crippen LogP contribution in [0.1, 0.15) is 39.5 Å². The number of hydrazine groups is 1. The SMILES string of the molecule is C=C/C(=C(/C/C(=N/OC)NC)N(C)N)C1(CC)CC1CC(C)=O. The molecular weight excluding hydrogens is 292 g/mol. The summed E-state index contributed by atoms with van der Waals surface area (Å²) in [6.07, 6.45) is 4.96. The van der Waals surface area contributed by atoms with E-state index >= 15 is 0 Å². The maximum Gasteiger partial charge on any atom is 0.147 e. The number of oxime groups is 1. The van der Waals surface area contributed by atoms with Crippen molar-refractivity contribution >= 4 is 11.6 Å². The number of rotatable bonds is 9. The summed E-state index contributed by atoms with van der Waals surface area (Å²) >= 11 is 0. The van der Waals surface area contributed by atoms with Crippen LogP contribution in [0.5, 0.6) is 0 Å². The van der Waals surface area contributed by atoms with Crippen molar-refractivity contribution < 1.29 is 9.63 Å². The van der Waals surface area contributed by atoms with Crippen LogP contribution in [0.15, 0.2) is 29.1 Å². The molecule has 0 bridgehead atoms. The first-order valence-electron chi connectivity index (χ1n) is 7.97. The van der Waals surface area contributed by atoms with E-state index in [0.717, 1.165) is 24.1 Å². The fraction of sp³-hybridized carbons (Fsp3) is 0.647. The quantitative estimate of drug-likeness (QED) is 0.224. The van der Waals surface area contributed by atoms with Gasteiger partial charge in [0.25, 0.3) is 0 Å². The number of nitrogens with zero attached hydrogens (tertiary/aromatic N) is 2. The topological polar surface area (TPSA) is 79.9 Å². The van der Waals surface area contributed by atoms with E-state index in [1.165, 1.54) is 7.11 Å². The summed E-state index contributed by atoms with van der Waals surface area (Å²) in [4.78, 5) is 16.4. The maximum atomic E-state index is 11.5. The Morgan fingerprint density at radius 3 is 2.65 bits per heavy atom. The van der Waals surface area contributed by atoms with E-state index in [1.807, 2.05) is 13.1 Å². The molecule has 6 heteroatoms. The third-order valence-electron chi connectivity index (χ3n) is 4.70. The van der Waals surface area contributed by atoms with Gasteiger partial charge in [-0.1, -0.05) is 24.7 Å². The molecule has 0 radical (unpaired) electrons. The van der Waals surface area contributed by atoms with E-state index in [1.54, 1.807) is 19.0 Å². The van der Waals surface area contributed by atoms with Crippen molar-refractivity contribution in [1.82, 2.24) is 10.3 Å². The molecule has 0 spiro atoms. The third kappa shape index (κ3) is 4.34. The molecule has 1 saturated carbocycles. The number of carbonyl (C=O) groups is 1. The smallest absolute Gasteiger partial charge is 0.147 e. The molecule has 0 heterocycles. The summed E-state index contributed by atoms with van der Waals surface area (Å²) in [5.41, 5.74) is 2.04. The Bertz CT molecular complexity index is 511.